The van der Waals surface area contributed by atoms with Crippen molar-refractivity contribution < 1.29 is 4.79 Å². The molecule has 1 fully saturated rings. The third kappa shape index (κ3) is 3.51. The van der Waals surface area contributed by atoms with Gasteiger partial charge in [-0.2, -0.15) is 0 Å². The summed E-state index contributed by atoms with van der Waals surface area (Å²) in [4.78, 5) is 14.7. The number of carbonyl (C=O) groups excluding carboxylic acids is 1. The lowest BCUT2D eigenvalue weighted by molar-refractivity contribution is -0.122. The van der Waals surface area contributed by atoms with Gasteiger partial charge >= 0.3 is 0 Å². The molecule has 0 aliphatic carbocycles. The van der Waals surface area contributed by atoms with Crippen LogP contribution >= 0.6 is 0 Å². The Morgan fingerprint density at radius 2 is 2.15 bits per heavy atom. The second-order valence-corrected chi connectivity index (χ2v) is 6.02. The Morgan fingerprint density at radius 3 is 2.85 bits per heavy atom. The minimum atomic E-state index is -0.116. The number of benzene rings is 1. The van der Waals surface area contributed by atoms with E-state index in [4.69, 9.17) is 5.73 Å². The van der Waals surface area contributed by atoms with E-state index < -0.39 is 0 Å². The molecule has 1 aliphatic heterocycles. The van der Waals surface area contributed by atoms with Gasteiger partial charge in [0, 0.05) is 24.0 Å². The second-order valence-electron chi connectivity index (χ2n) is 6.02. The Morgan fingerprint density at radius 1 is 1.40 bits per heavy atom. The van der Waals surface area contributed by atoms with Gasteiger partial charge in [-0.1, -0.05) is 13.0 Å². The average Bonchev–Trinajstić information content (AvgIpc) is 2.40. The highest BCUT2D eigenvalue weighted by Gasteiger charge is 2.30. The summed E-state index contributed by atoms with van der Waals surface area (Å²) in [6.45, 7) is 7.43. The number of anilines is 2. The first-order valence-electron chi connectivity index (χ1n) is 7.39. The molecule has 3 atom stereocenters. The molecule has 0 spiro atoms. The second kappa shape index (κ2) is 6.27. The van der Waals surface area contributed by atoms with E-state index in [0.717, 1.165) is 18.7 Å². The van der Waals surface area contributed by atoms with Crippen molar-refractivity contribution in [2.45, 2.75) is 45.7 Å². The van der Waals surface area contributed by atoms with Crippen molar-refractivity contribution in [3.63, 3.8) is 0 Å². The Labute approximate surface area is 121 Å². The van der Waals surface area contributed by atoms with Crippen LogP contribution in [0.15, 0.2) is 24.3 Å². The van der Waals surface area contributed by atoms with Crippen LogP contribution in [0, 0.1) is 5.92 Å². The lowest BCUT2D eigenvalue weighted by atomic mass is 9.93. The van der Waals surface area contributed by atoms with Crippen molar-refractivity contribution in [3.8, 4) is 0 Å². The molecule has 20 heavy (non-hydrogen) atoms. The number of hydrogen-bond donors (Lipinski definition) is 2. The fourth-order valence-electron chi connectivity index (χ4n) is 2.88. The van der Waals surface area contributed by atoms with Gasteiger partial charge in [0.15, 0.2) is 0 Å². The molecule has 0 bridgehead atoms. The van der Waals surface area contributed by atoms with Crippen LogP contribution in [-0.2, 0) is 4.79 Å². The number of piperidine rings is 1. The average molecular weight is 275 g/mol. The van der Waals surface area contributed by atoms with Gasteiger partial charge in [-0.25, -0.2) is 0 Å². The first-order valence-corrected chi connectivity index (χ1v) is 7.39. The van der Waals surface area contributed by atoms with Crippen LogP contribution in [0.3, 0.4) is 0 Å². The number of amides is 1. The summed E-state index contributed by atoms with van der Waals surface area (Å²) in [6, 6.07) is 7.66. The quantitative estimate of drug-likeness (QED) is 0.834. The highest BCUT2D eigenvalue weighted by molar-refractivity contribution is 5.94. The van der Waals surface area contributed by atoms with Crippen LogP contribution in [0.4, 0.5) is 11.4 Å². The third-order valence-corrected chi connectivity index (χ3v) is 4.20. The standard InChI is InChI=1S/C16H25N3O/c1-11-7-8-12(2)19(10-11)13(3)16(20)18-15-6-4-5-14(17)9-15/h4-6,9,11-13H,7-8,10,17H2,1-3H3,(H,18,20). The molecule has 1 aromatic carbocycles. The summed E-state index contributed by atoms with van der Waals surface area (Å²) in [6.07, 6.45) is 2.41. The molecular weight excluding hydrogens is 250 g/mol. The van der Waals surface area contributed by atoms with Gasteiger partial charge in [0.2, 0.25) is 5.91 Å². The van der Waals surface area contributed by atoms with Crippen LogP contribution in [0.25, 0.3) is 0 Å². The van der Waals surface area contributed by atoms with Gasteiger partial charge in [-0.15, -0.1) is 0 Å². The summed E-state index contributed by atoms with van der Waals surface area (Å²) in [7, 11) is 0. The maximum Gasteiger partial charge on any atom is 0.241 e. The van der Waals surface area contributed by atoms with Gasteiger partial charge in [-0.05, 0) is 50.8 Å². The minimum Gasteiger partial charge on any atom is -0.399 e. The number of likely N-dealkylation sites (tertiary alicyclic amines) is 1. The van der Waals surface area contributed by atoms with Gasteiger partial charge in [0.25, 0.3) is 0 Å². The molecule has 1 heterocycles. The van der Waals surface area contributed by atoms with Crippen LogP contribution in [-0.4, -0.2) is 29.4 Å². The zero-order valence-electron chi connectivity index (χ0n) is 12.6. The predicted molar refractivity (Wildman–Crippen MR) is 83.5 cm³/mol. The van der Waals surface area contributed by atoms with Crippen molar-refractivity contribution in [1.82, 2.24) is 4.90 Å². The predicted octanol–water partition coefficient (Wildman–Crippen LogP) is 2.72. The van der Waals surface area contributed by atoms with E-state index in [1.165, 1.54) is 6.42 Å². The van der Waals surface area contributed by atoms with E-state index in [9.17, 15) is 4.79 Å². The number of nitrogens with one attached hydrogen (secondary N) is 1. The third-order valence-electron chi connectivity index (χ3n) is 4.20. The number of nitrogens with zero attached hydrogens (tertiary/aromatic N) is 1. The lowest BCUT2D eigenvalue weighted by Gasteiger charge is -2.40. The zero-order valence-corrected chi connectivity index (χ0v) is 12.6. The Balaban J connectivity index is 2.01. The van der Waals surface area contributed by atoms with Crippen molar-refractivity contribution in [3.05, 3.63) is 24.3 Å². The number of hydrogen-bond acceptors (Lipinski definition) is 3. The van der Waals surface area contributed by atoms with Gasteiger partial charge in [-0.3, -0.25) is 9.69 Å². The van der Waals surface area contributed by atoms with E-state index >= 15 is 0 Å². The molecule has 1 aliphatic rings. The Hall–Kier alpha value is -1.55. The molecule has 3 N–H and O–H groups in total. The maximum absolute atomic E-state index is 12.4. The van der Waals surface area contributed by atoms with Crippen LogP contribution < -0.4 is 11.1 Å². The van der Waals surface area contributed by atoms with Gasteiger partial charge in [0.05, 0.1) is 6.04 Å². The number of nitrogens with two attached hydrogens (primary N) is 1. The molecular formula is C16H25N3O. The summed E-state index contributed by atoms with van der Waals surface area (Å²) in [5.41, 5.74) is 7.16. The van der Waals surface area contributed by atoms with Crippen LogP contribution in [0.2, 0.25) is 0 Å². The van der Waals surface area contributed by atoms with Gasteiger partial charge in [0.1, 0.15) is 0 Å². The van der Waals surface area contributed by atoms with Gasteiger partial charge < -0.3 is 11.1 Å². The fraction of sp³-hybridized carbons (Fsp3) is 0.562. The molecule has 0 saturated carbocycles. The molecule has 0 radical (unpaired) electrons. The lowest BCUT2D eigenvalue weighted by Crippen LogP contribution is -2.50. The van der Waals surface area contributed by atoms with E-state index in [2.05, 4.69) is 24.1 Å². The molecule has 4 nitrogen and oxygen atoms in total. The summed E-state index contributed by atoms with van der Waals surface area (Å²) >= 11 is 0. The number of nitrogen functional groups attached to an aromatic ring is 1. The molecule has 0 aromatic heterocycles. The van der Waals surface area contributed by atoms with Crippen molar-refractivity contribution in [2.75, 3.05) is 17.6 Å². The zero-order chi connectivity index (χ0) is 14.7. The Kier molecular flexibility index (Phi) is 4.65. The highest BCUT2D eigenvalue weighted by atomic mass is 16.2. The molecule has 3 unspecified atom stereocenters. The highest BCUT2D eigenvalue weighted by Crippen LogP contribution is 2.24. The smallest absolute Gasteiger partial charge is 0.241 e. The first-order chi connectivity index (χ1) is 9.47. The first kappa shape index (κ1) is 14.9. The number of rotatable bonds is 3. The van der Waals surface area contributed by atoms with Crippen molar-refractivity contribution >= 4 is 17.3 Å². The van der Waals surface area contributed by atoms with E-state index in [1.807, 2.05) is 25.1 Å². The number of carbonyl (C=O) groups is 1. The molecule has 2 rings (SSSR count). The molecule has 110 valence electrons. The fourth-order valence-corrected chi connectivity index (χ4v) is 2.88. The minimum absolute atomic E-state index is 0.0385. The SMILES string of the molecule is CC1CCC(C)N(C(C)C(=O)Nc2cccc(N)c2)C1. The normalized spacial score (nSPS) is 25.1. The molecule has 1 aromatic rings. The van der Waals surface area contributed by atoms with Crippen molar-refractivity contribution in [1.29, 1.82) is 0 Å². The van der Waals surface area contributed by atoms with Crippen molar-refractivity contribution in [2.24, 2.45) is 5.92 Å². The topological polar surface area (TPSA) is 58.4 Å². The molecule has 1 amide bonds. The monoisotopic (exact) mass is 275 g/mol. The van der Waals surface area contributed by atoms with Crippen LogP contribution in [0.5, 0.6) is 0 Å². The molecule has 4 heteroatoms. The summed E-state index contributed by atoms with van der Waals surface area (Å²) in [5, 5.41) is 2.95. The maximum atomic E-state index is 12.4. The molecule has 1 saturated heterocycles. The Bertz CT molecular complexity index is 475. The van der Waals surface area contributed by atoms with E-state index in [1.54, 1.807) is 6.07 Å². The van der Waals surface area contributed by atoms with E-state index in [0.29, 0.717) is 17.6 Å². The summed E-state index contributed by atoms with van der Waals surface area (Å²) < 4.78 is 0. The largest absolute Gasteiger partial charge is 0.399 e. The summed E-state index contributed by atoms with van der Waals surface area (Å²) in [5.74, 6) is 0.699. The van der Waals surface area contributed by atoms with Crippen LogP contribution in [0.1, 0.15) is 33.6 Å². The van der Waals surface area contributed by atoms with E-state index in [-0.39, 0.29) is 11.9 Å².